The minimum atomic E-state index is -0.421. The maximum Gasteiger partial charge on any atom is 0.223 e. The molecule has 0 unspecified atom stereocenters. The zero-order valence-electron chi connectivity index (χ0n) is 18.6. The Morgan fingerprint density at radius 3 is 1.29 bits per heavy atom. The molecule has 0 amide bonds. The van der Waals surface area contributed by atoms with E-state index in [0.717, 1.165) is 0 Å². The fourth-order valence-electron chi connectivity index (χ4n) is 4.50. The Morgan fingerprint density at radius 2 is 0.914 bits per heavy atom. The van der Waals surface area contributed by atoms with E-state index in [4.69, 9.17) is 0 Å². The average Bonchev–Trinajstić information content (AvgIpc) is 3.17. The molecule has 5 rings (SSSR count). The highest BCUT2D eigenvalue weighted by Crippen LogP contribution is 2.40. The molecule has 0 bridgehead atoms. The molecule has 8 nitrogen and oxygen atoms in total. The van der Waals surface area contributed by atoms with Crippen LogP contribution in [0.15, 0.2) is 60.7 Å². The number of aromatic hydroxyl groups is 4. The van der Waals surface area contributed by atoms with Crippen LogP contribution in [0.4, 0.5) is 20.2 Å². The summed E-state index contributed by atoms with van der Waals surface area (Å²) >= 11 is 0. The van der Waals surface area contributed by atoms with Crippen molar-refractivity contribution in [1.29, 1.82) is 0 Å². The summed E-state index contributed by atoms with van der Waals surface area (Å²) in [6.07, 6.45) is 0.670. The molecule has 0 radical (unpaired) electrons. The lowest BCUT2D eigenvalue weighted by Gasteiger charge is -2.23. The van der Waals surface area contributed by atoms with Gasteiger partial charge in [-0.15, -0.1) is 0 Å². The van der Waals surface area contributed by atoms with Crippen LogP contribution in [0, 0.1) is 11.6 Å². The van der Waals surface area contributed by atoms with Crippen molar-refractivity contribution in [3.63, 3.8) is 0 Å². The van der Waals surface area contributed by atoms with Crippen molar-refractivity contribution in [2.75, 3.05) is 36.0 Å². The zero-order valence-corrected chi connectivity index (χ0v) is 18.6. The van der Waals surface area contributed by atoms with E-state index in [1.165, 1.54) is 69.8 Å². The molecular weight excluding hydrogens is 458 g/mol. The molecule has 1 aliphatic rings. The number of halogens is 2. The highest BCUT2D eigenvalue weighted by atomic mass is 19.1. The van der Waals surface area contributed by atoms with Crippen molar-refractivity contribution in [2.45, 2.75) is 6.42 Å². The van der Waals surface area contributed by atoms with Gasteiger partial charge in [0.25, 0.3) is 0 Å². The second-order valence-electron chi connectivity index (χ2n) is 8.37. The lowest BCUT2D eigenvalue weighted by atomic mass is 10.3. The first kappa shape index (κ1) is 22.5. The van der Waals surface area contributed by atoms with Gasteiger partial charge in [-0.2, -0.15) is 0 Å². The first-order valence-electron chi connectivity index (χ1n) is 11.1. The molecule has 0 saturated carbocycles. The Balaban J connectivity index is 1.38. The molecule has 1 saturated heterocycles. The summed E-state index contributed by atoms with van der Waals surface area (Å²) < 4.78 is 29.1. The third-order valence-corrected chi connectivity index (χ3v) is 6.22. The van der Waals surface area contributed by atoms with Crippen LogP contribution in [-0.4, -0.2) is 55.7 Å². The van der Waals surface area contributed by atoms with E-state index in [1.807, 2.05) is 9.80 Å². The predicted octanol–water partition coefficient (Wildman–Crippen LogP) is 4.09. The standard InChI is InChI=1S/C25H24F2N4O4/c26-16-2-6-18(7-3-16)30-22(32)14-20(24(30)34)28-10-1-11-29(13-12-28)21-15-23(33)31(25(21)35)19-8-4-17(27)5-9-19/h2-9,14-15,32-35H,1,10-13H2. The van der Waals surface area contributed by atoms with Crippen LogP contribution in [0.2, 0.25) is 0 Å². The highest BCUT2D eigenvalue weighted by molar-refractivity contribution is 5.65. The summed E-state index contributed by atoms with van der Waals surface area (Å²) in [6.45, 7) is 2.06. The van der Waals surface area contributed by atoms with Crippen LogP contribution in [0.3, 0.4) is 0 Å². The number of anilines is 2. The number of benzene rings is 2. The molecule has 0 spiro atoms. The molecular formula is C25H24F2N4O4. The molecule has 182 valence electrons. The van der Waals surface area contributed by atoms with E-state index in [0.29, 0.717) is 55.3 Å². The van der Waals surface area contributed by atoms with Crippen molar-refractivity contribution < 1.29 is 29.2 Å². The summed E-state index contributed by atoms with van der Waals surface area (Å²) in [7, 11) is 0. The highest BCUT2D eigenvalue weighted by Gasteiger charge is 2.26. The minimum Gasteiger partial charge on any atom is -0.494 e. The van der Waals surface area contributed by atoms with Crippen molar-refractivity contribution >= 4 is 11.4 Å². The van der Waals surface area contributed by atoms with Gasteiger partial charge in [0.2, 0.25) is 23.5 Å². The first-order chi connectivity index (χ1) is 16.8. The third kappa shape index (κ3) is 4.07. The Morgan fingerprint density at radius 1 is 0.543 bits per heavy atom. The average molecular weight is 482 g/mol. The summed E-state index contributed by atoms with van der Waals surface area (Å²) in [5, 5.41) is 42.6. The van der Waals surface area contributed by atoms with E-state index in [2.05, 4.69) is 0 Å². The van der Waals surface area contributed by atoms with Crippen molar-refractivity contribution in [3.8, 4) is 34.9 Å². The second-order valence-corrected chi connectivity index (χ2v) is 8.37. The number of nitrogens with zero attached hydrogens (tertiary/aromatic N) is 4. The quantitative estimate of drug-likeness (QED) is 0.350. The van der Waals surface area contributed by atoms with Gasteiger partial charge in [0.15, 0.2) is 0 Å². The molecule has 35 heavy (non-hydrogen) atoms. The predicted molar refractivity (Wildman–Crippen MR) is 127 cm³/mol. The SMILES string of the molecule is Oc1cc(N2CCCN(c3cc(O)n(-c4ccc(F)cc4)c3O)CC2)c(O)n1-c1ccc(F)cc1. The molecule has 10 heteroatoms. The maximum absolute atomic E-state index is 13.3. The smallest absolute Gasteiger partial charge is 0.223 e. The number of hydrogen-bond donors (Lipinski definition) is 4. The summed E-state index contributed by atoms with van der Waals surface area (Å²) in [5.41, 5.74) is 1.72. The fraction of sp³-hybridized carbons (Fsp3) is 0.200. The van der Waals surface area contributed by atoms with Gasteiger partial charge in [-0.3, -0.25) is 0 Å². The van der Waals surface area contributed by atoms with Crippen LogP contribution in [0.5, 0.6) is 23.5 Å². The minimum absolute atomic E-state index is 0.162. The molecule has 4 N–H and O–H groups in total. The number of rotatable bonds is 4. The van der Waals surface area contributed by atoms with Gasteiger partial charge in [-0.25, -0.2) is 17.9 Å². The van der Waals surface area contributed by atoms with E-state index in [1.54, 1.807) is 0 Å². The van der Waals surface area contributed by atoms with Gasteiger partial charge in [-0.05, 0) is 55.0 Å². The van der Waals surface area contributed by atoms with Crippen molar-refractivity contribution in [1.82, 2.24) is 9.13 Å². The van der Waals surface area contributed by atoms with Crippen molar-refractivity contribution in [3.05, 3.63) is 72.3 Å². The van der Waals surface area contributed by atoms with E-state index in [-0.39, 0.29) is 23.5 Å². The Hall–Kier alpha value is -4.34. The topological polar surface area (TPSA) is 97.3 Å². The van der Waals surface area contributed by atoms with Crippen LogP contribution in [0.1, 0.15) is 6.42 Å². The first-order valence-corrected chi connectivity index (χ1v) is 11.1. The van der Waals surface area contributed by atoms with Gasteiger partial charge in [-0.1, -0.05) is 0 Å². The number of hydrogen-bond acceptors (Lipinski definition) is 6. The Bertz CT molecular complexity index is 1250. The maximum atomic E-state index is 13.3. The van der Waals surface area contributed by atoms with Gasteiger partial charge in [0.1, 0.15) is 23.0 Å². The number of aromatic nitrogens is 2. The molecule has 1 aliphatic heterocycles. The lowest BCUT2D eigenvalue weighted by Crippen LogP contribution is -2.30. The van der Waals surface area contributed by atoms with Crippen LogP contribution >= 0.6 is 0 Å². The third-order valence-electron chi connectivity index (χ3n) is 6.22. The molecule has 0 atom stereocenters. The van der Waals surface area contributed by atoms with Crippen LogP contribution in [-0.2, 0) is 0 Å². The monoisotopic (exact) mass is 482 g/mol. The van der Waals surface area contributed by atoms with Crippen molar-refractivity contribution in [2.24, 2.45) is 0 Å². The lowest BCUT2D eigenvalue weighted by molar-refractivity contribution is 0.401. The van der Waals surface area contributed by atoms with Crippen LogP contribution < -0.4 is 9.80 Å². The largest absolute Gasteiger partial charge is 0.494 e. The fourth-order valence-corrected chi connectivity index (χ4v) is 4.50. The molecule has 3 heterocycles. The molecule has 4 aromatic rings. The Labute approximate surface area is 199 Å². The normalized spacial score (nSPS) is 14.3. The second kappa shape index (κ2) is 8.79. The molecule has 2 aromatic heterocycles. The summed E-state index contributed by atoms with van der Waals surface area (Å²) in [6, 6.07) is 13.8. The van der Waals surface area contributed by atoms with Crippen LogP contribution in [0.25, 0.3) is 11.4 Å². The van der Waals surface area contributed by atoms with Gasteiger partial charge < -0.3 is 30.2 Å². The van der Waals surface area contributed by atoms with Gasteiger partial charge in [0.05, 0.1) is 11.4 Å². The van der Waals surface area contributed by atoms with E-state index >= 15 is 0 Å². The molecule has 1 fully saturated rings. The zero-order chi connectivity index (χ0) is 24.7. The van der Waals surface area contributed by atoms with Gasteiger partial charge in [0, 0.05) is 38.3 Å². The molecule has 2 aromatic carbocycles. The summed E-state index contributed by atoms with van der Waals surface area (Å²) in [5.74, 6) is -1.52. The van der Waals surface area contributed by atoms with E-state index < -0.39 is 11.6 Å². The van der Waals surface area contributed by atoms with Gasteiger partial charge >= 0.3 is 0 Å². The summed E-state index contributed by atoms with van der Waals surface area (Å²) in [4.78, 5) is 3.84. The molecule has 0 aliphatic carbocycles. The van der Waals surface area contributed by atoms with E-state index in [9.17, 15) is 29.2 Å². The Kier molecular flexibility index (Phi) is 5.64.